The van der Waals surface area contributed by atoms with Crippen LogP contribution in [-0.2, 0) is 24.7 Å². The molecule has 0 saturated heterocycles. The molecule has 25 heavy (non-hydrogen) atoms. The van der Waals surface area contributed by atoms with Crippen molar-refractivity contribution < 1.29 is 9.90 Å². The molecular weight excluding hydrogens is 384 g/mol. The van der Waals surface area contributed by atoms with Crippen LogP contribution in [0.5, 0.6) is 0 Å². The highest BCUT2D eigenvalue weighted by molar-refractivity contribution is 9.10. The zero-order valence-electron chi connectivity index (χ0n) is 14.0. The van der Waals surface area contributed by atoms with Crippen LogP contribution in [0.1, 0.15) is 18.2 Å². The van der Waals surface area contributed by atoms with Gasteiger partial charge in [0.15, 0.2) is 0 Å². The molecule has 130 valence electrons. The van der Waals surface area contributed by atoms with Gasteiger partial charge in [0.05, 0.1) is 9.86 Å². The SMILES string of the molecule is CCc1c(Br)c2c(NC(Cc3ccccc3)C(=O)O)ncnc2n1C. The van der Waals surface area contributed by atoms with Gasteiger partial charge in [-0.3, -0.25) is 0 Å². The maximum atomic E-state index is 11.7. The summed E-state index contributed by atoms with van der Waals surface area (Å²) in [6, 6.07) is 8.77. The largest absolute Gasteiger partial charge is 0.480 e. The molecule has 3 rings (SSSR count). The zero-order chi connectivity index (χ0) is 18.0. The first-order valence-electron chi connectivity index (χ1n) is 8.04. The molecule has 0 radical (unpaired) electrons. The normalized spacial score (nSPS) is 12.3. The molecule has 3 aromatic rings. The first-order chi connectivity index (χ1) is 12.0. The fourth-order valence-electron chi connectivity index (χ4n) is 2.97. The highest BCUT2D eigenvalue weighted by Gasteiger charge is 2.22. The van der Waals surface area contributed by atoms with Gasteiger partial charge in [0.25, 0.3) is 0 Å². The van der Waals surface area contributed by atoms with Crippen molar-refractivity contribution in [3.63, 3.8) is 0 Å². The van der Waals surface area contributed by atoms with Gasteiger partial charge in [-0.2, -0.15) is 0 Å². The van der Waals surface area contributed by atoms with Gasteiger partial charge >= 0.3 is 5.97 Å². The van der Waals surface area contributed by atoms with Gasteiger partial charge in [-0.05, 0) is 27.9 Å². The molecular formula is C18H19BrN4O2. The van der Waals surface area contributed by atoms with Crippen LogP contribution in [0.3, 0.4) is 0 Å². The average molecular weight is 403 g/mol. The Kier molecular flexibility index (Phi) is 5.03. The number of rotatable bonds is 6. The Morgan fingerprint density at radius 3 is 2.68 bits per heavy atom. The van der Waals surface area contributed by atoms with Crippen LogP contribution in [0.15, 0.2) is 41.1 Å². The molecule has 1 aromatic carbocycles. The van der Waals surface area contributed by atoms with Gasteiger partial charge in [0, 0.05) is 19.2 Å². The molecule has 0 spiro atoms. The third-order valence-corrected chi connectivity index (χ3v) is 5.10. The minimum Gasteiger partial charge on any atom is -0.480 e. The monoisotopic (exact) mass is 402 g/mol. The zero-order valence-corrected chi connectivity index (χ0v) is 15.6. The number of anilines is 1. The van der Waals surface area contributed by atoms with Crippen LogP contribution < -0.4 is 5.32 Å². The number of nitrogens with zero attached hydrogens (tertiary/aromatic N) is 3. The van der Waals surface area contributed by atoms with Crippen molar-refractivity contribution in [1.29, 1.82) is 0 Å². The highest BCUT2D eigenvalue weighted by atomic mass is 79.9. The van der Waals surface area contributed by atoms with E-state index in [1.54, 1.807) is 0 Å². The fraction of sp³-hybridized carbons (Fsp3) is 0.278. The van der Waals surface area contributed by atoms with E-state index >= 15 is 0 Å². The van der Waals surface area contributed by atoms with E-state index in [0.29, 0.717) is 12.2 Å². The molecule has 1 atom stereocenters. The summed E-state index contributed by atoms with van der Waals surface area (Å²) in [5.74, 6) is -0.395. The number of hydrogen-bond donors (Lipinski definition) is 2. The second-order valence-electron chi connectivity index (χ2n) is 5.82. The van der Waals surface area contributed by atoms with Crippen LogP contribution in [0.2, 0.25) is 0 Å². The Hall–Kier alpha value is -2.41. The average Bonchev–Trinajstić information content (AvgIpc) is 2.86. The summed E-state index contributed by atoms with van der Waals surface area (Å²) in [6.07, 6.45) is 2.66. The van der Waals surface area contributed by atoms with E-state index in [0.717, 1.165) is 33.2 Å². The first-order valence-corrected chi connectivity index (χ1v) is 8.83. The third-order valence-electron chi connectivity index (χ3n) is 4.25. The van der Waals surface area contributed by atoms with E-state index in [1.807, 2.05) is 41.9 Å². The van der Waals surface area contributed by atoms with Crippen molar-refractivity contribution in [2.45, 2.75) is 25.8 Å². The summed E-state index contributed by atoms with van der Waals surface area (Å²) in [5.41, 5.74) is 2.81. The number of halogens is 1. The number of fused-ring (bicyclic) bond motifs is 1. The third kappa shape index (κ3) is 3.37. The predicted molar refractivity (Wildman–Crippen MR) is 101 cm³/mol. The summed E-state index contributed by atoms with van der Waals surface area (Å²) in [6.45, 7) is 2.06. The van der Waals surface area contributed by atoms with E-state index in [1.165, 1.54) is 6.33 Å². The van der Waals surface area contributed by atoms with Crippen molar-refractivity contribution in [2.24, 2.45) is 7.05 Å². The van der Waals surface area contributed by atoms with Crippen molar-refractivity contribution >= 4 is 38.8 Å². The quantitative estimate of drug-likeness (QED) is 0.660. The number of carbonyl (C=O) groups is 1. The van der Waals surface area contributed by atoms with Gasteiger partial charge in [0.1, 0.15) is 23.8 Å². The second kappa shape index (κ2) is 7.23. The van der Waals surface area contributed by atoms with Crippen molar-refractivity contribution in [1.82, 2.24) is 14.5 Å². The Morgan fingerprint density at radius 2 is 2.04 bits per heavy atom. The molecule has 0 aliphatic rings. The lowest BCUT2D eigenvalue weighted by Gasteiger charge is -2.16. The molecule has 0 aliphatic carbocycles. The van der Waals surface area contributed by atoms with Gasteiger partial charge in [-0.25, -0.2) is 14.8 Å². The molecule has 0 saturated carbocycles. The van der Waals surface area contributed by atoms with Crippen molar-refractivity contribution in [3.8, 4) is 0 Å². The summed E-state index contributed by atoms with van der Waals surface area (Å²) in [7, 11) is 1.95. The molecule has 2 N–H and O–H groups in total. The van der Waals surface area contributed by atoms with Crippen LogP contribution in [-0.4, -0.2) is 31.7 Å². The number of aromatic nitrogens is 3. The molecule has 2 aromatic heterocycles. The Labute approximate surface area is 154 Å². The minimum absolute atomic E-state index is 0.368. The molecule has 7 heteroatoms. The number of aliphatic carboxylic acids is 1. The number of aryl methyl sites for hydroxylation is 1. The smallest absolute Gasteiger partial charge is 0.326 e. The van der Waals surface area contributed by atoms with Crippen LogP contribution >= 0.6 is 15.9 Å². The van der Waals surface area contributed by atoms with E-state index in [9.17, 15) is 9.90 Å². The number of carboxylic acid groups (broad SMARTS) is 1. The summed E-state index contributed by atoms with van der Waals surface area (Å²) in [4.78, 5) is 20.4. The molecule has 2 heterocycles. The van der Waals surface area contributed by atoms with E-state index in [2.05, 4.69) is 38.1 Å². The molecule has 0 bridgehead atoms. The summed E-state index contributed by atoms with van der Waals surface area (Å²) in [5, 5.41) is 13.5. The summed E-state index contributed by atoms with van der Waals surface area (Å²) >= 11 is 3.62. The minimum atomic E-state index is -0.918. The number of nitrogens with one attached hydrogen (secondary N) is 1. The van der Waals surface area contributed by atoms with Gasteiger partial charge < -0.3 is 15.0 Å². The van der Waals surface area contributed by atoms with Crippen LogP contribution in [0, 0.1) is 0 Å². The van der Waals surface area contributed by atoms with Gasteiger partial charge in [-0.15, -0.1) is 0 Å². The fourth-order valence-corrected chi connectivity index (χ4v) is 3.88. The Bertz CT molecular complexity index is 908. The van der Waals surface area contributed by atoms with Crippen molar-refractivity contribution in [2.75, 3.05) is 5.32 Å². The van der Waals surface area contributed by atoms with Crippen LogP contribution in [0.4, 0.5) is 5.82 Å². The van der Waals surface area contributed by atoms with Crippen molar-refractivity contribution in [3.05, 3.63) is 52.4 Å². The van der Waals surface area contributed by atoms with E-state index in [-0.39, 0.29) is 0 Å². The number of hydrogen-bond acceptors (Lipinski definition) is 4. The Balaban J connectivity index is 1.99. The second-order valence-corrected chi connectivity index (χ2v) is 6.61. The molecule has 0 amide bonds. The highest BCUT2D eigenvalue weighted by Crippen LogP contribution is 2.34. The lowest BCUT2D eigenvalue weighted by molar-refractivity contribution is -0.137. The van der Waals surface area contributed by atoms with Crippen LogP contribution in [0.25, 0.3) is 11.0 Å². The van der Waals surface area contributed by atoms with E-state index in [4.69, 9.17) is 0 Å². The molecule has 0 aliphatic heterocycles. The lowest BCUT2D eigenvalue weighted by Crippen LogP contribution is -2.32. The first kappa shape index (κ1) is 17.4. The Morgan fingerprint density at radius 1 is 1.32 bits per heavy atom. The number of benzene rings is 1. The van der Waals surface area contributed by atoms with Gasteiger partial charge in [0.2, 0.25) is 0 Å². The predicted octanol–water partition coefficient (Wildman–Crippen LogP) is 3.40. The maximum Gasteiger partial charge on any atom is 0.326 e. The summed E-state index contributed by atoms with van der Waals surface area (Å²) < 4.78 is 2.90. The molecule has 6 nitrogen and oxygen atoms in total. The topological polar surface area (TPSA) is 80.0 Å². The molecule has 1 unspecified atom stereocenters. The van der Waals surface area contributed by atoms with E-state index < -0.39 is 12.0 Å². The number of carboxylic acids is 1. The lowest BCUT2D eigenvalue weighted by atomic mass is 10.1. The molecule has 0 fully saturated rings. The van der Waals surface area contributed by atoms with Gasteiger partial charge in [-0.1, -0.05) is 37.3 Å². The standard InChI is InChI=1S/C18H19BrN4O2/c1-3-13-15(19)14-16(20-10-21-17(14)23(13)2)22-12(18(24)25)9-11-7-5-4-6-8-11/h4-8,10,12H,3,9H2,1-2H3,(H,24,25)(H,20,21,22). The maximum absolute atomic E-state index is 11.7.